The smallest absolute Gasteiger partial charge is 0.330 e. The molecule has 16 heteroatoms. The highest BCUT2D eigenvalue weighted by molar-refractivity contribution is 7.22. The van der Waals surface area contributed by atoms with Crippen molar-refractivity contribution in [1.82, 2.24) is 24.6 Å². The molecule has 1 aromatic carbocycles. The van der Waals surface area contributed by atoms with E-state index in [1.54, 1.807) is 0 Å². The van der Waals surface area contributed by atoms with Crippen LogP contribution < -0.4 is 10.9 Å². The van der Waals surface area contributed by atoms with Crippen LogP contribution in [0, 0.1) is 0 Å². The summed E-state index contributed by atoms with van der Waals surface area (Å²) < 4.78 is 81.3. The molecule has 3 aromatic heterocycles. The van der Waals surface area contributed by atoms with E-state index >= 15 is 0 Å². The van der Waals surface area contributed by atoms with Crippen LogP contribution in [0.25, 0.3) is 20.7 Å². The predicted molar refractivity (Wildman–Crippen MR) is 131 cm³/mol. The van der Waals surface area contributed by atoms with Gasteiger partial charge in [-0.3, -0.25) is 9.59 Å². The van der Waals surface area contributed by atoms with Gasteiger partial charge in [0.05, 0.1) is 37.6 Å². The van der Waals surface area contributed by atoms with Gasteiger partial charge in [-0.05, 0) is 35.7 Å². The SMILES string of the molecule is Cn1ncc2sc(-c3nc(Nc4cc5c(cc4Cl)CN(C(=O)C(F)(F)F)CC5)ncc3C(F)(F)F)cc2c1=O. The number of aromatic nitrogens is 4. The van der Waals surface area contributed by atoms with Crippen LogP contribution in [0.15, 0.2) is 35.4 Å². The second-order valence-corrected chi connectivity index (χ2v) is 10.1. The predicted octanol–water partition coefficient (Wildman–Crippen LogP) is 5.31. The average molecular weight is 589 g/mol. The van der Waals surface area contributed by atoms with Crippen molar-refractivity contribution in [3.8, 4) is 10.6 Å². The van der Waals surface area contributed by atoms with Gasteiger partial charge in [0, 0.05) is 26.3 Å². The number of rotatable bonds is 3. The second-order valence-electron chi connectivity index (χ2n) is 8.62. The largest absolute Gasteiger partial charge is 0.471 e. The minimum Gasteiger partial charge on any atom is -0.330 e. The molecule has 0 saturated carbocycles. The minimum absolute atomic E-state index is 0.0385. The fraction of sp³-hybridized carbons (Fsp3) is 0.261. The molecule has 39 heavy (non-hydrogen) atoms. The number of amides is 1. The molecule has 0 spiro atoms. The number of hydrogen-bond donors (Lipinski definition) is 1. The Kier molecular flexibility index (Phi) is 6.53. The number of benzene rings is 1. The van der Waals surface area contributed by atoms with Crippen molar-refractivity contribution < 1.29 is 31.1 Å². The molecule has 0 aliphatic carbocycles. The monoisotopic (exact) mass is 588 g/mol. The van der Waals surface area contributed by atoms with Crippen LogP contribution >= 0.6 is 22.9 Å². The number of hydrogen-bond acceptors (Lipinski definition) is 7. The Labute approximate surface area is 223 Å². The third-order valence-electron chi connectivity index (χ3n) is 6.04. The zero-order valence-electron chi connectivity index (χ0n) is 19.6. The van der Waals surface area contributed by atoms with Gasteiger partial charge in [-0.25, -0.2) is 14.6 Å². The van der Waals surface area contributed by atoms with Gasteiger partial charge < -0.3 is 10.2 Å². The molecule has 4 aromatic rings. The molecule has 5 rings (SSSR count). The Morgan fingerprint density at radius 3 is 2.54 bits per heavy atom. The van der Waals surface area contributed by atoms with Gasteiger partial charge in [0.2, 0.25) is 5.95 Å². The van der Waals surface area contributed by atoms with Gasteiger partial charge in [-0.2, -0.15) is 31.4 Å². The molecule has 0 radical (unpaired) electrons. The van der Waals surface area contributed by atoms with Gasteiger partial charge >= 0.3 is 18.3 Å². The van der Waals surface area contributed by atoms with E-state index in [-0.39, 0.29) is 46.4 Å². The molecular formula is C23H15ClF6N6O2S. The number of aryl methyl sites for hydroxylation is 1. The van der Waals surface area contributed by atoms with Gasteiger partial charge in [0.1, 0.15) is 5.56 Å². The van der Waals surface area contributed by atoms with Crippen molar-refractivity contribution in [2.24, 2.45) is 7.05 Å². The van der Waals surface area contributed by atoms with Crippen LogP contribution in [-0.2, 0) is 31.0 Å². The maximum absolute atomic E-state index is 13.8. The van der Waals surface area contributed by atoms with E-state index in [4.69, 9.17) is 11.6 Å². The average Bonchev–Trinajstić information content (AvgIpc) is 3.30. The van der Waals surface area contributed by atoms with Crippen LogP contribution in [0.2, 0.25) is 5.02 Å². The first kappa shape index (κ1) is 26.9. The van der Waals surface area contributed by atoms with Crippen LogP contribution in [0.4, 0.5) is 38.0 Å². The summed E-state index contributed by atoms with van der Waals surface area (Å²) in [5.74, 6) is -2.18. The molecule has 1 amide bonds. The Balaban J connectivity index is 1.50. The number of alkyl halides is 6. The summed E-state index contributed by atoms with van der Waals surface area (Å²) in [6.07, 6.45) is -7.71. The maximum atomic E-state index is 13.8. The first-order chi connectivity index (χ1) is 18.2. The van der Waals surface area contributed by atoms with E-state index in [1.807, 2.05) is 0 Å². The lowest BCUT2D eigenvalue weighted by atomic mass is 9.99. The van der Waals surface area contributed by atoms with E-state index in [0.717, 1.165) is 16.0 Å². The van der Waals surface area contributed by atoms with Crippen molar-refractivity contribution in [1.29, 1.82) is 0 Å². The highest BCUT2D eigenvalue weighted by Gasteiger charge is 2.43. The standard InChI is InChI=1S/C23H15ClF6N6O2S/c1-35-19(37)12-6-16(39-17(12)8-32-35)18-13(22(25,26)27)7-31-21(34-18)33-15-5-10-2-3-36(20(38)23(28,29)30)9-11(10)4-14(15)24/h4-8H,2-3,9H2,1H3,(H,31,33,34). The van der Waals surface area contributed by atoms with Crippen LogP contribution in [-0.4, -0.2) is 43.3 Å². The van der Waals surface area contributed by atoms with Gasteiger partial charge in [-0.1, -0.05) is 11.6 Å². The molecule has 0 atom stereocenters. The van der Waals surface area contributed by atoms with Gasteiger partial charge in [-0.15, -0.1) is 11.3 Å². The first-order valence-corrected chi connectivity index (χ1v) is 12.3. The van der Waals surface area contributed by atoms with E-state index in [1.165, 1.54) is 31.4 Å². The highest BCUT2D eigenvalue weighted by Crippen LogP contribution is 2.40. The molecule has 1 N–H and O–H groups in total. The van der Waals surface area contributed by atoms with E-state index < -0.39 is 35.1 Å². The summed E-state index contributed by atoms with van der Waals surface area (Å²) in [4.78, 5) is 32.6. The Morgan fingerprint density at radius 1 is 1.10 bits per heavy atom. The summed E-state index contributed by atoms with van der Waals surface area (Å²) in [5.41, 5.74) is -0.829. The summed E-state index contributed by atoms with van der Waals surface area (Å²) in [7, 11) is 1.42. The van der Waals surface area contributed by atoms with Gasteiger partial charge in [0.25, 0.3) is 5.56 Å². The van der Waals surface area contributed by atoms with E-state index in [9.17, 15) is 35.9 Å². The molecule has 8 nitrogen and oxygen atoms in total. The highest BCUT2D eigenvalue weighted by atomic mass is 35.5. The van der Waals surface area contributed by atoms with Crippen LogP contribution in [0.1, 0.15) is 16.7 Å². The molecule has 0 bridgehead atoms. The number of nitrogens with zero attached hydrogens (tertiary/aromatic N) is 5. The van der Waals surface area contributed by atoms with Crippen molar-refractivity contribution in [3.05, 3.63) is 62.7 Å². The minimum atomic E-state index is -5.00. The fourth-order valence-corrected chi connectivity index (χ4v) is 5.39. The van der Waals surface area contributed by atoms with E-state index in [2.05, 4.69) is 20.4 Å². The van der Waals surface area contributed by atoms with Crippen molar-refractivity contribution in [2.45, 2.75) is 25.3 Å². The first-order valence-electron chi connectivity index (χ1n) is 11.1. The quantitative estimate of drug-likeness (QED) is 0.326. The summed E-state index contributed by atoms with van der Waals surface area (Å²) in [6, 6.07) is 4.22. The lowest BCUT2D eigenvalue weighted by Gasteiger charge is -2.30. The Morgan fingerprint density at radius 2 is 1.85 bits per heavy atom. The van der Waals surface area contributed by atoms with E-state index in [0.29, 0.717) is 26.9 Å². The Hall–Kier alpha value is -3.72. The normalized spacial score (nSPS) is 14.0. The number of nitrogens with one attached hydrogen (secondary N) is 1. The third-order valence-corrected chi connectivity index (χ3v) is 7.43. The van der Waals surface area contributed by atoms with Crippen molar-refractivity contribution in [2.75, 3.05) is 11.9 Å². The molecule has 0 fully saturated rings. The fourth-order valence-electron chi connectivity index (χ4n) is 4.14. The molecule has 0 saturated heterocycles. The summed E-state index contributed by atoms with van der Waals surface area (Å²) >= 11 is 7.22. The number of carbonyl (C=O) groups is 1. The molecule has 4 heterocycles. The molecule has 204 valence electrons. The number of anilines is 2. The number of halogens is 7. The lowest BCUT2D eigenvalue weighted by Crippen LogP contribution is -2.43. The Bertz CT molecular complexity index is 1680. The van der Waals surface area contributed by atoms with Crippen molar-refractivity contribution in [3.63, 3.8) is 0 Å². The molecule has 1 aliphatic rings. The number of carbonyl (C=O) groups excluding carboxylic acids is 1. The summed E-state index contributed by atoms with van der Waals surface area (Å²) in [6.45, 7) is -0.470. The summed E-state index contributed by atoms with van der Waals surface area (Å²) in [5, 5.41) is 6.88. The molecular weight excluding hydrogens is 574 g/mol. The topological polar surface area (TPSA) is 93.0 Å². The number of fused-ring (bicyclic) bond motifs is 2. The third kappa shape index (κ3) is 5.15. The second kappa shape index (κ2) is 9.48. The zero-order valence-corrected chi connectivity index (χ0v) is 21.2. The van der Waals surface area contributed by atoms with Crippen LogP contribution in [0.5, 0.6) is 0 Å². The van der Waals surface area contributed by atoms with Gasteiger partial charge in [0.15, 0.2) is 0 Å². The molecule has 0 unspecified atom stereocenters. The number of thiophene rings is 1. The van der Waals surface area contributed by atoms with Crippen molar-refractivity contribution >= 4 is 50.6 Å². The maximum Gasteiger partial charge on any atom is 0.471 e. The zero-order chi connectivity index (χ0) is 28.3. The molecule has 1 aliphatic heterocycles. The van der Waals surface area contributed by atoms with Crippen LogP contribution in [0.3, 0.4) is 0 Å². The lowest BCUT2D eigenvalue weighted by molar-refractivity contribution is -0.186.